The molecule has 0 aliphatic carbocycles. The van der Waals surface area contributed by atoms with Crippen LogP contribution in [-0.2, 0) is 0 Å². The van der Waals surface area contributed by atoms with Gasteiger partial charge >= 0.3 is 0 Å². The zero-order chi connectivity index (χ0) is 12.1. The van der Waals surface area contributed by atoms with Crippen LogP contribution >= 0.6 is 0 Å². The van der Waals surface area contributed by atoms with Crippen molar-refractivity contribution in [2.75, 3.05) is 21.2 Å². The van der Waals surface area contributed by atoms with Gasteiger partial charge in [-0.2, -0.15) is 0 Å². The first-order chi connectivity index (χ1) is 7.62. The van der Waals surface area contributed by atoms with E-state index in [0.29, 0.717) is 5.75 Å². The van der Waals surface area contributed by atoms with Gasteiger partial charge in [-0.15, -0.1) is 0 Å². The summed E-state index contributed by atoms with van der Waals surface area (Å²) < 4.78 is 4.98. The predicted octanol–water partition coefficient (Wildman–Crippen LogP) is -0.191. The van der Waals surface area contributed by atoms with Crippen LogP contribution in [0.4, 0.5) is 0 Å². The highest BCUT2D eigenvalue weighted by Gasteiger charge is 2.13. The van der Waals surface area contributed by atoms with Gasteiger partial charge in [0.25, 0.3) is 11.8 Å². The lowest BCUT2D eigenvalue weighted by atomic mass is 10.2. The summed E-state index contributed by atoms with van der Waals surface area (Å²) in [4.78, 5) is 26.7. The minimum atomic E-state index is -0.371. The van der Waals surface area contributed by atoms with Gasteiger partial charge in [0.15, 0.2) is 0 Å². The fourth-order valence-electron chi connectivity index (χ4n) is 1.11. The zero-order valence-corrected chi connectivity index (χ0v) is 9.33. The highest BCUT2D eigenvalue weighted by Crippen LogP contribution is 2.13. The number of rotatable bonds is 3. The topological polar surface area (TPSA) is 80.3 Å². The third-order valence-electron chi connectivity index (χ3n) is 1.95. The molecule has 0 aliphatic heterocycles. The molecular weight excluding hydrogens is 210 g/mol. The number of carbonyl (C=O) groups is 2. The normalized spacial score (nSPS) is 9.44. The van der Waals surface area contributed by atoms with Gasteiger partial charge < -0.3 is 15.4 Å². The first-order valence-electron chi connectivity index (χ1n) is 4.62. The molecule has 0 saturated heterocycles. The molecule has 1 aromatic heterocycles. The maximum absolute atomic E-state index is 11.4. The van der Waals surface area contributed by atoms with Crippen molar-refractivity contribution in [2.45, 2.75) is 0 Å². The van der Waals surface area contributed by atoms with E-state index < -0.39 is 0 Å². The summed E-state index contributed by atoms with van der Waals surface area (Å²) in [6.45, 7) is 0. The van der Waals surface area contributed by atoms with Crippen LogP contribution in [0.15, 0.2) is 12.1 Å². The van der Waals surface area contributed by atoms with Crippen molar-refractivity contribution in [3.8, 4) is 5.75 Å². The number of amides is 2. The van der Waals surface area contributed by atoms with E-state index in [0.717, 1.165) is 0 Å². The van der Waals surface area contributed by atoms with Crippen LogP contribution in [0.25, 0.3) is 0 Å². The molecule has 6 nitrogen and oxygen atoms in total. The van der Waals surface area contributed by atoms with Crippen molar-refractivity contribution in [3.05, 3.63) is 23.5 Å². The Balaban J connectivity index is 3.20. The standard InChI is InChI=1S/C10H13N3O3/c1-11-9(14)7-4-6(16-3)5-8(13-7)10(15)12-2/h4-5H,1-3H3,(H,11,14)(H,12,15). The maximum atomic E-state index is 11.4. The van der Waals surface area contributed by atoms with Crippen LogP contribution < -0.4 is 15.4 Å². The van der Waals surface area contributed by atoms with E-state index in [4.69, 9.17) is 4.74 Å². The molecule has 0 radical (unpaired) electrons. The number of nitrogens with one attached hydrogen (secondary N) is 2. The molecule has 2 amide bonds. The van der Waals surface area contributed by atoms with Crippen molar-refractivity contribution in [3.63, 3.8) is 0 Å². The van der Waals surface area contributed by atoms with Gasteiger partial charge in [0.2, 0.25) is 0 Å². The minimum absolute atomic E-state index is 0.139. The van der Waals surface area contributed by atoms with Crippen LogP contribution in [-0.4, -0.2) is 38.0 Å². The molecule has 0 aromatic carbocycles. The Morgan fingerprint density at radius 3 is 1.88 bits per heavy atom. The molecule has 0 atom stereocenters. The van der Waals surface area contributed by atoms with Gasteiger partial charge in [-0.05, 0) is 0 Å². The third kappa shape index (κ3) is 2.47. The van der Waals surface area contributed by atoms with Gasteiger partial charge in [0, 0.05) is 26.2 Å². The Bertz CT molecular complexity index is 384. The molecule has 86 valence electrons. The molecule has 0 fully saturated rings. The number of aromatic nitrogens is 1. The summed E-state index contributed by atoms with van der Waals surface area (Å²) in [5.41, 5.74) is 0.279. The number of pyridine rings is 1. The average molecular weight is 223 g/mol. The van der Waals surface area contributed by atoms with Crippen LogP contribution in [0.2, 0.25) is 0 Å². The summed E-state index contributed by atoms with van der Waals surface area (Å²) in [6.07, 6.45) is 0. The number of methoxy groups -OCH3 is 1. The average Bonchev–Trinajstić information content (AvgIpc) is 2.35. The molecular formula is C10H13N3O3. The van der Waals surface area contributed by atoms with Crippen molar-refractivity contribution in [1.29, 1.82) is 0 Å². The van der Waals surface area contributed by atoms with E-state index >= 15 is 0 Å². The maximum Gasteiger partial charge on any atom is 0.269 e. The van der Waals surface area contributed by atoms with Crippen molar-refractivity contribution in [2.24, 2.45) is 0 Å². The summed E-state index contributed by atoms with van der Waals surface area (Å²) in [6, 6.07) is 2.93. The monoisotopic (exact) mass is 223 g/mol. The Morgan fingerprint density at radius 1 is 1.12 bits per heavy atom. The number of nitrogens with zero attached hydrogens (tertiary/aromatic N) is 1. The lowest BCUT2D eigenvalue weighted by Gasteiger charge is -2.06. The van der Waals surface area contributed by atoms with E-state index in [2.05, 4.69) is 15.6 Å². The number of hydrogen-bond donors (Lipinski definition) is 2. The van der Waals surface area contributed by atoms with Crippen molar-refractivity contribution < 1.29 is 14.3 Å². The first-order valence-corrected chi connectivity index (χ1v) is 4.62. The second-order valence-corrected chi connectivity index (χ2v) is 2.94. The third-order valence-corrected chi connectivity index (χ3v) is 1.95. The largest absolute Gasteiger partial charge is 0.497 e. The molecule has 0 unspecified atom stereocenters. The molecule has 16 heavy (non-hydrogen) atoms. The van der Waals surface area contributed by atoms with E-state index in [9.17, 15) is 9.59 Å². The molecule has 0 spiro atoms. The van der Waals surface area contributed by atoms with Gasteiger partial charge in [-0.3, -0.25) is 9.59 Å². The zero-order valence-electron chi connectivity index (χ0n) is 9.33. The lowest BCUT2D eigenvalue weighted by Crippen LogP contribution is -2.23. The fraction of sp³-hybridized carbons (Fsp3) is 0.300. The summed E-state index contributed by atoms with van der Waals surface area (Å²) in [5, 5.41) is 4.86. The Labute approximate surface area is 93.0 Å². The van der Waals surface area contributed by atoms with Gasteiger partial charge in [-0.1, -0.05) is 0 Å². The minimum Gasteiger partial charge on any atom is -0.497 e. The molecule has 1 rings (SSSR count). The number of carbonyl (C=O) groups excluding carboxylic acids is 2. The molecule has 2 N–H and O–H groups in total. The molecule has 0 saturated carbocycles. The molecule has 0 bridgehead atoms. The van der Waals surface area contributed by atoms with Gasteiger partial charge in [0.1, 0.15) is 17.1 Å². The smallest absolute Gasteiger partial charge is 0.269 e. The predicted molar refractivity (Wildman–Crippen MR) is 57.6 cm³/mol. The fourth-order valence-corrected chi connectivity index (χ4v) is 1.11. The van der Waals surface area contributed by atoms with Crippen LogP contribution in [0.3, 0.4) is 0 Å². The first kappa shape index (κ1) is 12.0. The highest BCUT2D eigenvalue weighted by atomic mass is 16.5. The second-order valence-electron chi connectivity index (χ2n) is 2.94. The molecule has 0 aliphatic rings. The second kappa shape index (κ2) is 5.11. The van der Waals surface area contributed by atoms with E-state index in [1.807, 2.05) is 0 Å². The Hall–Kier alpha value is -2.11. The van der Waals surface area contributed by atoms with Crippen LogP contribution in [0.1, 0.15) is 21.0 Å². The van der Waals surface area contributed by atoms with Crippen LogP contribution in [0, 0.1) is 0 Å². The SMILES string of the molecule is CNC(=O)c1cc(OC)cc(C(=O)NC)n1. The van der Waals surface area contributed by atoms with Crippen molar-refractivity contribution in [1.82, 2.24) is 15.6 Å². The van der Waals surface area contributed by atoms with Gasteiger partial charge in [-0.25, -0.2) is 4.98 Å². The Kier molecular flexibility index (Phi) is 3.82. The van der Waals surface area contributed by atoms with Crippen LogP contribution in [0.5, 0.6) is 5.75 Å². The number of ether oxygens (including phenoxy) is 1. The molecule has 1 aromatic rings. The molecule has 1 heterocycles. The lowest BCUT2D eigenvalue weighted by molar-refractivity contribution is 0.0953. The summed E-state index contributed by atoms with van der Waals surface area (Å²) >= 11 is 0. The van der Waals surface area contributed by atoms with Gasteiger partial charge in [0.05, 0.1) is 7.11 Å². The van der Waals surface area contributed by atoms with E-state index in [1.54, 1.807) is 0 Å². The Morgan fingerprint density at radius 2 is 1.56 bits per heavy atom. The van der Waals surface area contributed by atoms with E-state index in [-0.39, 0.29) is 23.2 Å². The quantitative estimate of drug-likeness (QED) is 0.744. The summed E-state index contributed by atoms with van der Waals surface area (Å²) in [5.74, 6) is -0.333. The number of hydrogen-bond acceptors (Lipinski definition) is 4. The van der Waals surface area contributed by atoms with E-state index in [1.165, 1.54) is 33.3 Å². The molecule has 6 heteroatoms. The highest BCUT2D eigenvalue weighted by molar-refractivity contribution is 5.96. The van der Waals surface area contributed by atoms with Crippen molar-refractivity contribution >= 4 is 11.8 Å². The summed E-state index contributed by atoms with van der Waals surface area (Å²) in [7, 11) is 4.43.